The summed E-state index contributed by atoms with van der Waals surface area (Å²) >= 11 is 0. The lowest BCUT2D eigenvalue weighted by molar-refractivity contribution is -0.144. The van der Waals surface area contributed by atoms with E-state index < -0.39 is 0 Å². The lowest BCUT2D eigenvalue weighted by Gasteiger charge is -2.35. The molecule has 1 aliphatic rings. The first-order chi connectivity index (χ1) is 13.8. The van der Waals surface area contributed by atoms with E-state index in [1.807, 2.05) is 52.0 Å². The second-order valence-corrected chi connectivity index (χ2v) is 7.71. The van der Waals surface area contributed by atoms with Crippen molar-refractivity contribution in [1.82, 2.24) is 24.5 Å². The third kappa shape index (κ3) is 3.55. The van der Waals surface area contributed by atoms with Crippen molar-refractivity contribution >= 4 is 16.8 Å². The van der Waals surface area contributed by atoms with Crippen molar-refractivity contribution in [3.05, 3.63) is 52.1 Å². The summed E-state index contributed by atoms with van der Waals surface area (Å²) in [6.45, 7) is 8.61. The molecule has 152 valence electrons. The normalized spacial score (nSPS) is 19.7. The fourth-order valence-corrected chi connectivity index (χ4v) is 3.92. The van der Waals surface area contributed by atoms with Crippen molar-refractivity contribution in [3.63, 3.8) is 0 Å². The predicted molar refractivity (Wildman–Crippen MR) is 109 cm³/mol. The number of benzene rings is 1. The summed E-state index contributed by atoms with van der Waals surface area (Å²) in [5.74, 6) is -0.137. The summed E-state index contributed by atoms with van der Waals surface area (Å²) < 4.78 is 8.58. The number of hydrogen-bond acceptors (Lipinski definition) is 5. The maximum atomic E-state index is 13.2. The highest BCUT2D eigenvalue weighted by molar-refractivity contribution is 5.82. The number of para-hydroxylation sites is 1. The Labute approximate surface area is 168 Å². The van der Waals surface area contributed by atoms with Crippen molar-refractivity contribution in [2.24, 2.45) is 0 Å². The minimum atomic E-state index is -0.325. The maximum absolute atomic E-state index is 13.2. The molecule has 1 aromatic carbocycles. The predicted octanol–water partition coefficient (Wildman–Crippen LogP) is 1.83. The van der Waals surface area contributed by atoms with Crippen LogP contribution in [0.1, 0.15) is 25.1 Å². The van der Waals surface area contributed by atoms with Crippen LogP contribution in [0.4, 0.5) is 0 Å². The smallest absolute Gasteiger partial charge is 0.293 e. The van der Waals surface area contributed by atoms with E-state index in [4.69, 9.17) is 4.74 Å². The number of fused-ring (bicyclic) bond motifs is 1. The molecule has 2 unspecified atom stereocenters. The first-order valence-electron chi connectivity index (χ1n) is 9.80. The summed E-state index contributed by atoms with van der Waals surface area (Å²) in [7, 11) is 0. The SMILES string of the molecule is Cc1ccccc1-n1ncc2c(C)nn(CC(=O)N3CC(C)OC(C)C3)c(=O)c21. The van der Waals surface area contributed by atoms with Crippen LogP contribution in [-0.2, 0) is 16.1 Å². The zero-order chi connectivity index (χ0) is 20.7. The van der Waals surface area contributed by atoms with E-state index in [2.05, 4.69) is 10.2 Å². The van der Waals surface area contributed by atoms with Crippen LogP contribution in [0.5, 0.6) is 0 Å². The number of carbonyl (C=O) groups excluding carboxylic acids is 1. The Kier molecular flexibility index (Phi) is 4.96. The molecule has 8 heteroatoms. The van der Waals surface area contributed by atoms with Gasteiger partial charge in [0.25, 0.3) is 5.56 Å². The van der Waals surface area contributed by atoms with Gasteiger partial charge < -0.3 is 9.64 Å². The van der Waals surface area contributed by atoms with Crippen molar-refractivity contribution in [2.75, 3.05) is 13.1 Å². The van der Waals surface area contributed by atoms with Crippen LogP contribution in [-0.4, -0.2) is 55.7 Å². The van der Waals surface area contributed by atoms with Crippen LogP contribution in [0.15, 0.2) is 35.3 Å². The fraction of sp³-hybridized carbons (Fsp3) is 0.429. The third-order valence-corrected chi connectivity index (χ3v) is 5.27. The summed E-state index contributed by atoms with van der Waals surface area (Å²) in [5.41, 5.74) is 2.61. The van der Waals surface area contributed by atoms with E-state index in [1.54, 1.807) is 15.8 Å². The lowest BCUT2D eigenvalue weighted by atomic mass is 10.2. The lowest BCUT2D eigenvalue weighted by Crippen LogP contribution is -2.49. The molecular weight excluding hydrogens is 370 g/mol. The minimum absolute atomic E-state index is 0.0286. The largest absolute Gasteiger partial charge is 0.372 e. The van der Waals surface area contributed by atoms with E-state index in [0.717, 1.165) is 11.3 Å². The van der Waals surface area contributed by atoms with Gasteiger partial charge in [0.05, 0.1) is 29.8 Å². The van der Waals surface area contributed by atoms with E-state index >= 15 is 0 Å². The Morgan fingerprint density at radius 3 is 2.55 bits per heavy atom. The van der Waals surface area contributed by atoms with Gasteiger partial charge in [-0.15, -0.1) is 0 Å². The van der Waals surface area contributed by atoms with Gasteiger partial charge in [0.1, 0.15) is 12.1 Å². The third-order valence-electron chi connectivity index (χ3n) is 5.27. The second-order valence-electron chi connectivity index (χ2n) is 7.71. The van der Waals surface area contributed by atoms with Crippen LogP contribution in [0, 0.1) is 13.8 Å². The molecule has 1 amide bonds. The fourth-order valence-electron chi connectivity index (χ4n) is 3.92. The molecule has 0 aliphatic carbocycles. The molecule has 3 heterocycles. The Hall–Kier alpha value is -3.00. The number of nitrogens with zero attached hydrogens (tertiary/aromatic N) is 5. The molecule has 0 bridgehead atoms. The molecule has 29 heavy (non-hydrogen) atoms. The van der Waals surface area contributed by atoms with Gasteiger partial charge in [-0.1, -0.05) is 18.2 Å². The topological polar surface area (TPSA) is 82.2 Å². The van der Waals surface area contributed by atoms with E-state index in [0.29, 0.717) is 29.7 Å². The molecule has 4 rings (SSSR count). The number of carbonyl (C=O) groups is 1. The number of morpholine rings is 1. The Morgan fingerprint density at radius 1 is 1.17 bits per heavy atom. The van der Waals surface area contributed by atoms with Gasteiger partial charge >= 0.3 is 0 Å². The van der Waals surface area contributed by atoms with Crippen molar-refractivity contribution < 1.29 is 9.53 Å². The Bertz CT molecular complexity index is 1120. The molecular formula is C21H25N5O3. The Balaban J connectivity index is 1.74. The number of aromatic nitrogens is 4. The van der Waals surface area contributed by atoms with Gasteiger partial charge in [-0.3, -0.25) is 9.59 Å². The van der Waals surface area contributed by atoms with Gasteiger partial charge in [0.2, 0.25) is 5.91 Å². The minimum Gasteiger partial charge on any atom is -0.372 e. The number of hydrogen-bond donors (Lipinski definition) is 0. The van der Waals surface area contributed by atoms with E-state index in [1.165, 1.54) is 4.68 Å². The number of aryl methyl sites for hydroxylation is 2. The van der Waals surface area contributed by atoms with E-state index in [9.17, 15) is 9.59 Å². The van der Waals surface area contributed by atoms with Gasteiger partial charge in [-0.2, -0.15) is 10.2 Å². The summed E-state index contributed by atoms with van der Waals surface area (Å²) in [6.07, 6.45) is 1.60. The average Bonchev–Trinajstić information content (AvgIpc) is 3.11. The monoisotopic (exact) mass is 395 g/mol. The summed E-state index contributed by atoms with van der Waals surface area (Å²) in [4.78, 5) is 27.8. The summed E-state index contributed by atoms with van der Waals surface area (Å²) in [5, 5.41) is 9.50. The molecule has 2 atom stereocenters. The van der Waals surface area contributed by atoms with Crippen molar-refractivity contribution in [2.45, 2.75) is 46.4 Å². The van der Waals surface area contributed by atoms with Crippen LogP contribution < -0.4 is 5.56 Å². The molecule has 1 saturated heterocycles. The van der Waals surface area contributed by atoms with Crippen LogP contribution >= 0.6 is 0 Å². The molecule has 2 aromatic heterocycles. The number of amides is 1. The molecule has 0 radical (unpaired) electrons. The number of rotatable bonds is 3. The van der Waals surface area contributed by atoms with Gasteiger partial charge in [0.15, 0.2) is 0 Å². The summed E-state index contributed by atoms with van der Waals surface area (Å²) in [6, 6.07) is 7.74. The van der Waals surface area contributed by atoms with Crippen molar-refractivity contribution in [1.29, 1.82) is 0 Å². The quantitative estimate of drug-likeness (QED) is 0.676. The highest BCUT2D eigenvalue weighted by atomic mass is 16.5. The van der Waals surface area contributed by atoms with E-state index in [-0.39, 0.29) is 30.2 Å². The van der Waals surface area contributed by atoms with Crippen LogP contribution in [0.2, 0.25) is 0 Å². The highest BCUT2D eigenvalue weighted by Crippen LogP contribution is 2.19. The maximum Gasteiger partial charge on any atom is 0.293 e. The first-order valence-corrected chi connectivity index (χ1v) is 9.80. The van der Waals surface area contributed by atoms with Crippen LogP contribution in [0.3, 0.4) is 0 Å². The van der Waals surface area contributed by atoms with Gasteiger partial charge in [-0.25, -0.2) is 9.36 Å². The van der Waals surface area contributed by atoms with Crippen LogP contribution in [0.25, 0.3) is 16.6 Å². The zero-order valence-electron chi connectivity index (χ0n) is 17.1. The molecule has 0 saturated carbocycles. The molecule has 3 aromatic rings. The molecule has 8 nitrogen and oxygen atoms in total. The second kappa shape index (κ2) is 7.44. The van der Waals surface area contributed by atoms with Gasteiger partial charge in [0, 0.05) is 18.5 Å². The zero-order valence-corrected chi connectivity index (χ0v) is 17.1. The highest BCUT2D eigenvalue weighted by Gasteiger charge is 2.27. The molecule has 1 aliphatic heterocycles. The van der Waals surface area contributed by atoms with Gasteiger partial charge in [-0.05, 0) is 39.3 Å². The first kappa shape index (κ1) is 19.3. The number of ether oxygens (including phenoxy) is 1. The Morgan fingerprint density at radius 2 is 1.86 bits per heavy atom. The standard InChI is InChI=1S/C21H25N5O3/c1-13-7-5-6-8-18(13)26-20-17(9-22-26)16(4)23-25(21(20)28)12-19(27)24-10-14(2)29-15(3)11-24/h5-9,14-15H,10-12H2,1-4H3. The average molecular weight is 395 g/mol. The molecule has 0 spiro atoms. The van der Waals surface area contributed by atoms with Crippen molar-refractivity contribution in [3.8, 4) is 5.69 Å². The molecule has 1 fully saturated rings. The molecule has 0 N–H and O–H groups in total.